The van der Waals surface area contributed by atoms with E-state index in [9.17, 15) is 10.1 Å². The Bertz CT molecular complexity index is 306. The van der Waals surface area contributed by atoms with Crippen LogP contribution in [0.1, 0.15) is 0 Å². The largest absolute Gasteiger partial charge is 0.378 e. The fourth-order valence-electron chi connectivity index (χ4n) is 0.863. The molecule has 0 saturated heterocycles. The van der Waals surface area contributed by atoms with Crippen LogP contribution in [0.15, 0.2) is 18.5 Å². The number of hydrogen-bond donors (Lipinski definition) is 1. The number of rotatable bonds is 4. The van der Waals surface area contributed by atoms with Crippen LogP contribution in [0, 0.1) is 10.1 Å². The Morgan fingerprint density at radius 3 is 3.08 bits per heavy atom. The van der Waals surface area contributed by atoms with E-state index in [0.29, 0.717) is 18.1 Å². The highest BCUT2D eigenvalue weighted by Gasteiger charge is 2.11. The molecule has 6 heteroatoms. The molecular weight excluding hydrogens is 194 g/mol. The second-order valence-corrected chi connectivity index (χ2v) is 2.64. The predicted octanol–water partition coefficient (Wildman–Crippen LogP) is 1.64. The molecule has 0 saturated carbocycles. The summed E-state index contributed by atoms with van der Waals surface area (Å²) < 4.78 is 0. The summed E-state index contributed by atoms with van der Waals surface area (Å²) in [4.78, 5) is 13.7. The van der Waals surface area contributed by atoms with Gasteiger partial charge in [-0.25, -0.2) is 0 Å². The Morgan fingerprint density at radius 1 is 1.69 bits per heavy atom. The summed E-state index contributed by atoms with van der Waals surface area (Å²) in [7, 11) is 0. The minimum Gasteiger partial charge on any atom is -0.378 e. The Hall–Kier alpha value is -1.36. The van der Waals surface area contributed by atoms with Gasteiger partial charge < -0.3 is 5.32 Å². The van der Waals surface area contributed by atoms with Crippen LogP contribution < -0.4 is 5.32 Å². The maximum absolute atomic E-state index is 10.5. The molecule has 0 aromatic carbocycles. The van der Waals surface area contributed by atoms with E-state index in [2.05, 4.69) is 10.3 Å². The number of anilines is 1. The number of nitro groups is 1. The van der Waals surface area contributed by atoms with E-state index in [4.69, 9.17) is 11.6 Å². The SMILES string of the molecule is O=[N+]([O-])c1cnccc1NCCCl. The van der Waals surface area contributed by atoms with Crippen molar-refractivity contribution in [2.24, 2.45) is 0 Å². The van der Waals surface area contributed by atoms with Gasteiger partial charge in [-0.3, -0.25) is 15.1 Å². The maximum Gasteiger partial charge on any atom is 0.310 e. The smallest absolute Gasteiger partial charge is 0.310 e. The van der Waals surface area contributed by atoms with Crippen LogP contribution in [0.25, 0.3) is 0 Å². The molecular formula is C7H8ClN3O2. The highest BCUT2D eigenvalue weighted by atomic mass is 35.5. The molecule has 0 radical (unpaired) electrons. The van der Waals surface area contributed by atoms with Crippen molar-refractivity contribution in [3.8, 4) is 0 Å². The first-order valence-electron chi connectivity index (χ1n) is 3.64. The predicted molar refractivity (Wildman–Crippen MR) is 50.1 cm³/mol. The second-order valence-electron chi connectivity index (χ2n) is 2.27. The van der Waals surface area contributed by atoms with E-state index in [1.54, 1.807) is 6.07 Å². The van der Waals surface area contributed by atoms with Crippen LogP contribution in [0.2, 0.25) is 0 Å². The van der Waals surface area contributed by atoms with Gasteiger partial charge in [0.25, 0.3) is 0 Å². The second kappa shape index (κ2) is 4.61. The average molecular weight is 202 g/mol. The molecule has 1 aromatic heterocycles. The van der Waals surface area contributed by atoms with Crippen LogP contribution in [-0.2, 0) is 0 Å². The molecule has 0 bridgehead atoms. The van der Waals surface area contributed by atoms with Gasteiger partial charge in [0, 0.05) is 18.6 Å². The molecule has 13 heavy (non-hydrogen) atoms. The van der Waals surface area contributed by atoms with Crippen LogP contribution in [0.3, 0.4) is 0 Å². The first kappa shape index (κ1) is 9.73. The van der Waals surface area contributed by atoms with Gasteiger partial charge in [-0.2, -0.15) is 0 Å². The molecule has 0 fully saturated rings. The summed E-state index contributed by atoms with van der Waals surface area (Å²) in [6.45, 7) is 0.492. The van der Waals surface area contributed by atoms with E-state index in [0.717, 1.165) is 0 Å². The lowest BCUT2D eigenvalue weighted by Gasteiger charge is -2.03. The average Bonchev–Trinajstić information content (AvgIpc) is 2.15. The lowest BCUT2D eigenvalue weighted by molar-refractivity contribution is -0.384. The van der Waals surface area contributed by atoms with Crippen LogP contribution >= 0.6 is 11.6 Å². The van der Waals surface area contributed by atoms with Crippen molar-refractivity contribution in [1.82, 2.24) is 4.98 Å². The number of hydrogen-bond acceptors (Lipinski definition) is 4. The van der Waals surface area contributed by atoms with Gasteiger partial charge in [0.2, 0.25) is 0 Å². The Morgan fingerprint density at radius 2 is 2.46 bits per heavy atom. The molecule has 70 valence electrons. The lowest BCUT2D eigenvalue weighted by atomic mass is 10.3. The van der Waals surface area contributed by atoms with Gasteiger partial charge in [0.15, 0.2) is 0 Å². The minimum atomic E-state index is -0.483. The molecule has 0 unspecified atom stereocenters. The molecule has 0 aliphatic rings. The molecule has 1 rings (SSSR count). The third-order valence-electron chi connectivity index (χ3n) is 1.41. The summed E-state index contributed by atoms with van der Waals surface area (Å²) in [6.07, 6.45) is 2.69. The first-order chi connectivity index (χ1) is 6.25. The topological polar surface area (TPSA) is 68.1 Å². The summed E-state index contributed by atoms with van der Waals surface area (Å²) in [5, 5.41) is 13.3. The quantitative estimate of drug-likeness (QED) is 0.457. The number of pyridine rings is 1. The fourth-order valence-corrected chi connectivity index (χ4v) is 0.958. The number of alkyl halides is 1. The van der Waals surface area contributed by atoms with Crippen LogP contribution in [0.4, 0.5) is 11.4 Å². The van der Waals surface area contributed by atoms with Gasteiger partial charge in [0.1, 0.15) is 11.9 Å². The van der Waals surface area contributed by atoms with E-state index >= 15 is 0 Å². The molecule has 0 atom stereocenters. The molecule has 0 aliphatic heterocycles. The fraction of sp³-hybridized carbons (Fsp3) is 0.286. The van der Waals surface area contributed by atoms with Gasteiger partial charge in [-0.05, 0) is 6.07 Å². The lowest BCUT2D eigenvalue weighted by Crippen LogP contribution is -2.05. The van der Waals surface area contributed by atoms with E-state index in [1.807, 2.05) is 0 Å². The number of aromatic nitrogens is 1. The first-order valence-corrected chi connectivity index (χ1v) is 4.17. The zero-order valence-electron chi connectivity index (χ0n) is 6.74. The highest BCUT2D eigenvalue weighted by Crippen LogP contribution is 2.21. The van der Waals surface area contributed by atoms with Crippen molar-refractivity contribution in [1.29, 1.82) is 0 Å². The van der Waals surface area contributed by atoms with Crippen molar-refractivity contribution < 1.29 is 4.92 Å². The molecule has 1 N–H and O–H groups in total. The van der Waals surface area contributed by atoms with Crippen molar-refractivity contribution in [3.05, 3.63) is 28.6 Å². The Kier molecular flexibility index (Phi) is 3.45. The Balaban J connectivity index is 2.84. The maximum atomic E-state index is 10.5. The minimum absolute atomic E-state index is 0.0346. The van der Waals surface area contributed by atoms with E-state index in [-0.39, 0.29) is 5.69 Å². The van der Waals surface area contributed by atoms with E-state index in [1.165, 1.54) is 12.4 Å². The van der Waals surface area contributed by atoms with Crippen molar-refractivity contribution in [2.45, 2.75) is 0 Å². The molecule has 0 aliphatic carbocycles. The van der Waals surface area contributed by atoms with Gasteiger partial charge in [-0.1, -0.05) is 0 Å². The number of halogens is 1. The summed E-state index contributed by atoms with van der Waals surface area (Å²) in [6, 6.07) is 1.55. The summed E-state index contributed by atoms with van der Waals surface area (Å²) in [5.74, 6) is 0.402. The number of nitrogens with one attached hydrogen (secondary N) is 1. The van der Waals surface area contributed by atoms with Crippen LogP contribution in [0.5, 0.6) is 0 Å². The number of nitrogens with zero attached hydrogens (tertiary/aromatic N) is 2. The van der Waals surface area contributed by atoms with Crippen molar-refractivity contribution in [3.63, 3.8) is 0 Å². The highest BCUT2D eigenvalue weighted by molar-refractivity contribution is 6.18. The normalized spacial score (nSPS) is 9.62. The van der Waals surface area contributed by atoms with Crippen molar-refractivity contribution >= 4 is 23.0 Å². The Labute approximate surface area is 79.9 Å². The van der Waals surface area contributed by atoms with Crippen molar-refractivity contribution in [2.75, 3.05) is 17.7 Å². The molecule has 5 nitrogen and oxygen atoms in total. The zero-order chi connectivity index (χ0) is 9.68. The molecule has 0 spiro atoms. The monoisotopic (exact) mass is 201 g/mol. The van der Waals surface area contributed by atoms with Crippen LogP contribution in [-0.4, -0.2) is 22.3 Å². The molecule has 1 heterocycles. The summed E-state index contributed by atoms with van der Waals surface area (Å²) >= 11 is 5.44. The van der Waals surface area contributed by atoms with Gasteiger partial charge >= 0.3 is 5.69 Å². The standard InChI is InChI=1S/C7H8ClN3O2/c8-2-4-10-6-1-3-9-5-7(6)11(12)13/h1,3,5H,2,4H2,(H,9,10). The van der Waals surface area contributed by atoms with Gasteiger partial charge in [0.05, 0.1) is 4.92 Å². The van der Waals surface area contributed by atoms with E-state index < -0.39 is 4.92 Å². The molecule has 1 aromatic rings. The zero-order valence-corrected chi connectivity index (χ0v) is 7.49. The third kappa shape index (κ3) is 2.55. The van der Waals surface area contributed by atoms with Gasteiger partial charge in [-0.15, -0.1) is 11.6 Å². The molecule has 0 amide bonds. The third-order valence-corrected chi connectivity index (χ3v) is 1.60. The summed E-state index contributed by atoms with van der Waals surface area (Å²) in [5.41, 5.74) is 0.410.